The van der Waals surface area contributed by atoms with Gasteiger partial charge in [0.05, 0.1) is 5.69 Å². The smallest absolute Gasteiger partial charge is 0.152 e. The molecule has 0 radical (unpaired) electrons. The monoisotopic (exact) mass is 235 g/mol. The van der Waals surface area contributed by atoms with Crippen LogP contribution in [0.3, 0.4) is 0 Å². The summed E-state index contributed by atoms with van der Waals surface area (Å²) in [5.41, 5.74) is 0.942. The lowest BCUT2D eigenvalue weighted by Gasteiger charge is -2.34. The molecule has 17 heavy (non-hydrogen) atoms. The third-order valence-electron chi connectivity index (χ3n) is 3.65. The molecule has 3 heteroatoms. The molecule has 1 aromatic carbocycles. The molecule has 1 heterocycles. The summed E-state index contributed by atoms with van der Waals surface area (Å²) < 4.78 is 13.8. The van der Waals surface area contributed by atoms with E-state index in [2.05, 4.69) is 6.92 Å². The van der Waals surface area contributed by atoms with Gasteiger partial charge in [0.2, 0.25) is 0 Å². The van der Waals surface area contributed by atoms with E-state index < -0.39 is 0 Å². The van der Waals surface area contributed by atoms with Crippen LogP contribution in [0.4, 0.5) is 10.1 Å². The lowest BCUT2D eigenvalue weighted by molar-refractivity contribution is 0.112. The van der Waals surface area contributed by atoms with Crippen LogP contribution in [0.15, 0.2) is 18.2 Å². The first-order valence-electron chi connectivity index (χ1n) is 6.25. The van der Waals surface area contributed by atoms with Crippen LogP contribution in [-0.4, -0.2) is 19.4 Å². The minimum atomic E-state index is -0.287. The molecule has 0 N–H and O–H groups in total. The van der Waals surface area contributed by atoms with Crippen molar-refractivity contribution >= 4 is 12.0 Å². The maximum Gasteiger partial charge on any atom is 0.152 e. The van der Waals surface area contributed by atoms with Crippen LogP contribution in [0, 0.1) is 11.7 Å². The van der Waals surface area contributed by atoms with Crippen molar-refractivity contribution in [3.05, 3.63) is 29.6 Å². The maximum absolute atomic E-state index is 13.8. The standard InChI is InChI=1S/C14H18FNO/c1-2-11-6-8-16(9-7-11)14-12(10-17)4-3-5-13(14)15/h3-5,10-11H,2,6-9H2,1H3. The zero-order chi connectivity index (χ0) is 12.3. The van der Waals surface area contributed by atoms with Crippen LogP contribution < -0.4 is 4.90 Å². The van der Waals surface area contributed by atoms with Crippen molar-refractivity contribution < 1.29 is 9.18 Å². The summed E-state index contributed by atoms with van der Waals surface area (Å²) in [5, 5.41) is 0. The highest BCUT2D eigenvalue weighted by Crippen LogP contribution is 2.29. The number of anilines is 1. The van der Waals surface area contributed by atoms with Crippen molar-refractivity contribution in [1.82, 2.24) is 0 Å². The van der Waals surface area contributed by atoms with Gasteiger partial charge in [-0.15, -0.1) is 0 Å². The van der Waals surface area contributed by atoms with Crippen molar-refractivity contribution in [2.24, 2.45) is 5.92 Å². The van der Waals surface area contributed by atoms with Crippen LogP contribution in [0.25, 0.3) is 0 Å². The van der Waals surface area contributed by atoms with Crippen LogP contribution in [0.5, 0.6) is 0 Å². The summed E-state index contributed by atoms with van der Waals surface area (Å²) in [6, 6.07) is 4.69. The van der Waals surface area contributed by atoms with Crippen molar-refractivity contribution in [1.29, 1.82) is 0 Å². The van der Waals surface area contributed by atoms with Gasteiger partial charge in [0, 0.05) is 18.7 Å². The van der Waals surface area contributed by atoms with Gasteiger partial charge in [-0.05, 0) is 30.9 Å². The molecule has 0 bridgehead atoms. The largest absolute Gasteiger partial charge is 0.369 e. The topological polar surface area (TPSA) is 20.3 Å². The molecule has 0 unspecified atom stereocenters. The van der Waals surface area contributed by atoms with Gasteiger partial charge < -0.3 is 4.90 Å². The van der Waals surface area contributed by atoms with Crippen LogP contribution in [0.2, 0.25) is 0 Å². The van der Waals surface area contributed by atoms with E-state index in [9.17, 15) is 9.18 Å². The highest BCUT2D eigenvalue weighted by molar-refractivity contribution is 5.84. The van der Waals surface area contributed by atoms with Gasteiger partial charge in [0.1, 0.15) is 5.82 Å². The molecular formula is C14H18FNO. The molecule has 0 saturated carbocycles. The van der Waals surface area contributed by atoms with E-state index in [1.54, 1.807) is 12.1 Å². The number of piperidine rings is 1. The molecule has 2 rings (SSSR count). The Balaban J connectivity index is 2.20. The molecule has 1 aliphatic rings. The molecular weight excluding hydrogens is 217 g/mol. The third-order valence-corrected chi connectivity index (χ3v) is 3.65. The third kappa shape index (κ3) is 2.48. The molecule has 1 aliphatic heterocycles. The molecule has 0 atom stereocenters. The number of halogens is 1. The Morgan fingerprint density at radius 3 is 2.71 bits per heavy atom. The van der Waals surface area contributed by atoms with E-state index in [-0.39, 0.29) is 5.82 Å². The van der Waals surface area contributed by atoms with E-state index in [0.29, 0.717) is 11.3 Å². The second-order valence-electron chi connectivity index (χ2n) is 4.63. The zero-order valence-corrected chi connectivity index (χ0v) is 10.2. The number of aldehydes is 1. The molecule has 0 spiro atoms. The quantitative estimate of drug-likeness (QED) is 0.749. The number of hydrogen-bond donors (Lipinski definition) is 0. The molecule has 1 saturated heterocycles. The SMILES string of the molecule is CCC1CCN(c2c(F)cccc2C=O)CC1. The number of hydrogen-bond acceptors (Lipinski definition) is 2. The Morgan fingerprint density at radius 2 is 2.12 bits per heavy atom. The minimum Gasteiger partial charge on any atom is -0.369 e. The lowest BCUT2D eigenvalue weighted by atomic mass is 9.94. The number of carbonyl (C=O) groups is 1. The molecule has 1 aromatic rings. The van der Waals surface area contributed by atoms with Crippen molar-refractivity contribution in [3.63, 3.8) is 0 Å². The highest BCUT2D eigenvalue weighted by atomic mass is 19.1. The van der Waals surface area contributed by atoms with E-state index in [0.717, 1.165) is 38.1 Å². The van der Waals surface area contributed by atoms with E-state index >= 15 is 0 Å². The Kier molecular flexibility index (Phi) is 3.77. The Labute approximate surface area is 101 Å². The fourth-order valence-electron chi connectivity index (χ4n) is 2.53. The first-order valence-corrected chi connectivity index (χ1v) is 6.25. The van der Waals surface area contributed by atoms with Crippen LogP contribution in [-0.2, 0) is 0 Å². The van der Waals surface area contributed by atoms with Gasteiger partial charge in [-0.3, -0.25) is 4.79 Å². The highest BCUT2D eigenvalue weighted by Gasteiger charge is 2.22. The lowest BCUT2D eigenvalue weighted by Crippen LogP contribution is -2.34. The molecule has 2 nitrogen and oxygen atoms in total. The van der Waals surface area contributed by atoms with Gasteiger partial charge in [-0.2, -0.15) is 0 Å². The fourth-order valence-corrected chi connectivity index (χ4v) is 2.53. The van der Waals surface area contributed by atoms with Crippen molar-refractivity contribution in [3.8, 4) is 0 Å². The maximum atomic E-state index is 13.8. The predicted octanol–water partition coefficient (Wildman–Crippen LogP) is 3.26. The van der Waals surface area contributed by atoms with Gasteiger partial charge >= 0.3 is 0 Å². The van der Waals surface area contributed by atoms with Gasteiger partial charge in [-0.25, -0.2) is 4.39 Å². The van der Waals surface area contributed by atoms with E-state index in [1.165, 1.54) is 12.5 Å². The summed E-state index contributed by atoms with van der Waals surface area (Å²) in [4.78, 5) is 13.0. The molecule has 0 aromatic heterocycles. The second-order valence-corrected chi connectivity index (χ2v) is 4.63. The summed E-state index contributed by atoms with van der Waals surface area (Å²) in [6.07, 6.45) is 4.10. The van der Waals surface area contributed by atoms with Gasteiger partial charge in [-0.1, -0.05) is 19.4 Å². The Bertz CT molecular complexity index is 397. The Morgan fingerprint density at radius 1 is 1.41 bits per heavy atom. The fraction of sp³-hybridized carbons (Fsp3) is 0.500. The first kappa shape index (κ1) is 12.1. The molecule has 0 amide bonds. The summed E-state index contributed by atoms with van der Waals surface area (Å²) in [6.45, 7) is 3.89. The molecule has 92 valence electrons. The average molecular weight is 235 g/mol. The second kappa shape index (κ2) is 5.30. The summed E-state index contributed by atoms with van der Waals surface area (Å²) in [7, 11) is 0. The predicted molar refractivity (Wildman–Crippen MR) is 67.0 cm³/mol. The minimum absolute atomic E-state index is 0.287. The normalized spacial score (nSPS) is 17.2. The number of benzene rings is 1. The number of nitrogens with zero attached hydrogens (tertiary/aromatic N) is 1. The number of rotatable bonds is 3. The Hall–Kier alpha value is -1.38. The summed E-state index contributed by atoms with van der Waals surface area (Å²) >= 11 is 0. The average Bonchev–Trinajstić information content (AvgIpc) is 2.38. The van der Waals surface area contributed by atoms with E-state index in [4.69, 9.17) is 0 Å². The number of para-hydroxylation sites is 1. The molecule has 1 fully saturated rings. The van der Waals surface area contributed by atoms with Gasteiger partial charge in [0.15, 0.2) is 6.29 Å². The molecule has 0 aliphatic carbocycles. The summed E-state index contributed by atoms with van der Waals surface area (Å²) in [5.74, 6) is 0.460. The van der Waals surface area contributed by atoms with Gasteiger partial charge in [0.25, 0.3) is 0 Å². The van der Waals surface area contributed by atoms with E-state index in [1.807, 2.05) is 4.90 Å². The zero-order valence-electron chi connectivity index (χ0n) is 10.2. The van der Waals surface area contributed by atoms with Crippen molar-refractivity contribution in [2.45, 2.75) is 26.2 Å². The van der Waals surface area contributed by atoms with Crippen molar-refractivity contribution in [2.75, 3.05) is 18.0 Å². The van der Waals surface area contributed by atoms with Crippen LogP contribution >= 0.6 is 0 Å². The number of carbonyl (C=O) groups excluding carboxylic acids is 1. The first-order chi connectivity index (χ1) is 8.26. The van der Waals surface area contributed by atoms with Crippen LogP contribution in [0.1, 0.15) is 36.5 Å².